The SMILES string of the molecule is [2H]C(C)(C)c1ccc(-c2c(C)ccc3c2oc2ccc4ccccc4c23)[n+](C)c1.[2H]C(C)(C)c1ccc(-c2c(C)ccc3c2oc2ccc4ccccc4c23)[n+](C)c1.[2H]C([2H])([2H])c1ccc(-c2c(C)ccc3c2oc2ccc4ccccc4c23)[n+](C)c1.[2H]C1(c2cc[n+](C)c(-c3c(C)ccc4c3oc3ccc5ccccc5c34)c2)CCCCC1. The molecule has 8 heterocycles. The zero-order valence-corrected chi connectivity index (χ0v) is 66.4. The summed E-state index contributed by atoms with van der Waals surface area (Å²) in [4.78, 5) is 0. The summed E-state index contributed by atoms with van der Waals surface area (Å²) >= 11 is 0. The van der Waals surface area contributed by atoms with E-state index in [0.717, 1.165) is 165 Å². The van der Waals surface area contributed by atoms with Crippen LogP contribution in [0.15, 0.2) is 285 Å². The van der Waals surface area contributed by atoms with Gasteiger partial charge in [-0.3, -0.25) is 0 Å². The molecule has 1 aliphatic carbocycles. The maximum absolute atomic E-state index is 9.15. The molecule has 8 nitrogen and oxygen atoms in total. The number of fused-ring (bicyclic) bond motifs is 20. The van der Waals surface area contributed by atoms with Gasteiger partial charge in [0.2, 0.25) is 22.8 Å². The molecule has 8 heteroatoms. The maximum atomic E-state index is 9.15. The Morgan fingerprint density at radius 3 is 0.991 bits per heavy atom. The van der Waals surface area contributed by atoms with Crippen molar-refractivity contribution in [1.82, 2.24) is 0 Å². The highest BCUT2D eigenvalue weighted by Gasteiger charge is 2.29. The number of aryl methyl sites for hydroxylation is 9. The molecule has 0 N–H and O–H groups in total. The molecule has 8 aromatic heterocycles. The topological polar surface area (TPSA) is 68.1 Å². The first-order valence-electron chi connectivity index (χ1n) is 42.4. The second-order valence-corrected chi connectivity index (χ2v) is 31.4. The van der Waals surface area contributed by atoms with Gasteiger partial charge < -0.3 is 17.7 Å². The van der Waals surface area contributed by atoms with Crippen LogP contribution in [-0.2, 0) is 28.2 Å². The molecule has 12 aromatic carbocycles. The Labute approximate surface area is 668 Å². The molecule has 0 radical (unpaired) electrons. The zero-order valence-electron chi connectivity index (χ0n) is 72.4. The zero-order chi connectivity index (χ0) is 82.9. The summed E-state index contributed by atoms with van der Waals surface area (Å²) in [6.45, 7) is 14.0. The van der Waals surface area contributed by atoms with Crippen molar-refractivity contribution in [3.8, 4) is 45.0 Å². The average Bonchev–Trinajstić information content (AvgIpc) is 1.61. The van der Waals surface area contributed by atoms with Gasteiger partial charge in [-0.25, -0.2) is 18.3 Å². The quantitative estimate of drug-likeness (QED) is 0.149. The average molecular weight is 1480 g/mol. The molecule has 1 saturated carbocycles. The molecular formula is C105H96N4O4+4. The number of pyridine rings is 4. The predicted molar refractivity (Wildman–Crippen MR) is 469 cm³/mol. The van der Waals surface area contributed by atoms with Gasteiger partial charge in [0.05, 0.1) is 22.3 Å². The van der Waals surface area contributed by atoms with E-state index >= 15 is 0 Å². The van der Waals surface area contributed by atoms with Gasteiger partial charge in [0.1, 0.15) is 72.9 Å². The Hall–Kier alpha value is -12.5. The minimum Gasteiger partial charge on any atom is -0.455 e. The van der Waals surface area contributed by atoms with Crippen LogP contribution in [0.3, 0.4) is 0 Å². The van der Waals surface area contributed by atoms with E-state index in [2.05, 4.69) is 279 Å². The van der Waals surface area contributed by atoms with Gasteiger partial charge in [0.15, 0.2) is 24.8 Å². The summed E-state index contributed by atoms with van der Waals surface area (Å²) in [7, 11) is 8.05. The third-order valence-corrected chi connectivity index (χ3v) is 23.5. The summed E-state index contributed by atoms with van der Waals surface area (Å²) in [5.74, 6) is -1.74. The molecule has 0 atom stereocenters. The molecule has 1 fully saturated rings. The van der Waals surface area contributed by atoms with Crippen molar-refractivity contribution in [2.75, 3.05) is 0 Å². The lowest BCUT2D eigenvalue weighted by molar-refractivity contribution is -0.661. The van der Waals surface area contributed by atoms with E-state index in [1.54, 1.807) is 12.3 Å². The molecule has 20 aromatic rings. The van der Waals surface area contributed by atoms with Crippen LogP contribution in [-0.4, -0.2) is 0 Å². The highest BCUT2D eigenvalue weighted by molar-refractivity contribution is 6.24. The smallest absolute Gasteiger partial charge is 0.216 e. The monoisotopic (exact) mass is 1480 g/mol. The predicted octanol–water partition coefficient (Wildman–Crippen LogP) is 26.8. The highest BCUT2D eigenvalue weighted by atomic mass is 16.3. The van der Waals surface area contributed by atoms with E-state index in [4.69, 9.17) is 25.9 Å². The summed E-state index contributed by atoms with van der Waals surface area (Å²) in [6, 6.07) is 84.1. The number of aromatic nitrogens is 4. The van der Waals surface area contributed by atoms with Crippen molar-refractivity contribution in [1.29, 1.82) is 0 Å². The van der Waals surface area contributed by atoms with E-state index in [9.17, 15) is 0 Å². The van der Waals surface area contributed by atoms with Gasteiger partial charge in [0.25, 0.3) is 0 Å². The molecule has 0 saturated heterocycles. The van der Waals surface area contributed by atoms with Crippen LogP contribution < -0.4 is 18.3 Å². The Kier molecular flexibility index (Phi) is 16.9. The molecular weight excluding hydrogens is 1380 g/mol. The Morgan fingerprint density at radius 2 is 0.664 bits per heavy atom. The van der Waals surface area contributed by atoms with Crippen molar-refractivity contribution < 1.29 is 44.2 Å². The number of furan rings is 4. The molecule has 0 amide bonds. The highest BCUT2D eigenvalue weighted by Crippen LogP contribution is 2.46. The van der Waals surface area contributed by atoms with Gasteiger partial charge in [-0.2, -0.15) is 0 Å². The summed E-state index contributed by atoms with van der Waals surface area (Å²) in [5.41, 5.74) is 23.8. The van der Waals surface area contributed by atoms with Crippen LogP contribution in [0.2, 0.25) is 0 Å². The molecule has 0 spiro atoms. The lowest BCUT2D eigenvalue weighted by atomic mass is 9.84. The van der Waals surface area contributed by atoms with Crippen LogP contribution in [0.4, 0.5) is 0 Å². The van der Waals surface area contributed by atoms with Crippen molar-refractivity contribution in [3.63, 3.8) is 0 Å². The molecule has 0 bridgehead atoms. The van der Waals surface area contributed by atoms with E-state index in [0.29, 0.717) is 5.56 Å². The van der Waals surface area contributed by atoms with Crippen molar-refractivity contribution in [3.05, 3.63) is 312 Å². The Bertz CT molecular complexity index is 6970. The minimum absolute atomic E-state index is 0.323. The fourth-order valence-corrected chi connectivity index (χ4v) is 17.6. The molecule has 113 heavy (non-hydrogen) atoms. The number of rotatable bonds is 7. The molecule has 1 aliphatic rings. The minimum atomic E-state index is -2.13. The van der Waals surface area contributed by atoms with E-state index in [-0.39, 0.29) is 0 Å². The molecule has 21 rings (SSSR count). The Morgan fingerprint density at radius 1 is 0.336 bits per heavy atom. The van der Waals surface area contributed by atoms with Crippen molar-refractivity contribution >= 4 is 131 Å². The first-order valence-corrected chi connectivity index (χ1v) is 39.4. The van der Waals surface area contributed by atoms with Gasteiger partial charge in [0, 0.05) is 98.3 Å². The number of hydrogen-bond donors (Lipinski definition) is 0. The van der Waals surface area contributed by atoms with E-state index in [1.807, 2.05) is 77.7 Å². The van der Waals surface area contributed by atoms with Crippen molar-refractivity contribution in [2.45, 2.75) is 112 Å². The fourth-order valence-electron chi connectivity index (χ4n) is 17.6. The second kappa shape index (κ2) is 29.3. The molecule has 0 aliphatic heterocycles. The summed E-state index contributed by atoms with van der Waals surface area (Å²) in [6.07, 6.45) is 13.3. The van der Waals surface area contributed by atoms with Gasteiger partial charge >= 0.3 is 0 Å². The summed E-state index contributed by atoms with van der Waals surface area (Å²) in [5, 5.41) is 18.8. The molecule has 0 unspecified atom stereocenters. The normalized spacial score (nSPS) is 14.1. The number of nitrogens with zero attached hydrogens (tertiary/aromatic N) is 4. The number of benzene rings is 12. The Balaban J connectivity index is 0.000000109. The van der Waals surface area contributed by atoms with Crippen LogP contribution in [0, 0.1) is 34.5 Å². The van der Waals surface area contributed by atoms with E-state index in [1.165, 1.54) is 82.4 Å². The number of hydrogen-bond acceptors (Lipinski definition) is 4. The van der Waals surface area contributed by atoms with Gasteiger partial charge in [-0.15, -0.1) is 0 Å². The lowest BCUT2D eigenvalue weighted by Crippen LogP contribution is -2.31. The van der Waals surface area contributed by atoms with Gasteiger partial charge in [-0.05, 0) is 178 Å². The lowest BCUT2D eigenvalue weighted by Gasteiger charge is -2.21. The van der Waals surface area contributed by atoms with Gasteiger partial charge in [-0.1, -0.05) is 217 Å². The van der Waals surface area contributed by atoms with Crippen LogP contribution in [0.5, 0.6) is 0 Å². The molecule has 556 valence electrons. The largest absolute Gasteiger partial charge is 0.455 e. The standard InChI is InChI=1S/C29H28NO.2C26H24NO.C24H20NO/c1-19-12-14-24-28-23-11-7-6-10-21(23)13-15-26(28)31-29(24)27(19)25-18-22(16-17-30(25)2)20-8-4-3-5-9-20;2*1-16(2)19-10-13-22(27(4)15-19)24-17(3)9-12-21-25-20-8-6-5-7-18(20)11-14-23(25)28-26(21)24;1-15-8-12-20(25(3)14-15)22-16(2)9-11-19-23-18-7-5-4-6-17(18)10-13-21(23)26-24(19)22/h6-7,10-18,20H,3-5,8-9H2,1-2H3;2*5-16H,1-4H3;4-14H,1-3H3/q4*+1/i20D;2*16D;1D3. The first-order chi connectivity index (χ1) is 57.1. The van der Waals surface area contributed by atoms with Crippen LogP contribution in [0.25, 0.3) is 176 Å². The fraction of sp³-hybridized carbons (Fsp3) is 0.200. The van der Waals surface area contributed by atoms with Crippen LogP contribution in [0.1, 0.15) is 130 Å². The first kappa shape index (κ1) is 65.2. The van der Waals surface area contributed by atoms with Crippen LogP contribution >= 0.6 is 0 Å². The maximum Gasteiger partial charge on any atom is 0.216 e. The second-order valence-electron chi connectivity index (χ2n) is 31.4. The van der Waals surface area contributed by atoms with Crippen molar-refractivity contribution in [2.24, 2.45) is 28.2 Å². The van der Waals surface area contributed by atoms with E-state index < -0.39 is 24.5 Å². The summed E-state index contributed by atoms with van der Waals surface area (Å²) < 4.78 is 82.8. The third kappa shape index (κ3) is 12.8. The third-order valence-electron chi connectivity index (χ3n) is 23.5.